The Kier molecular flexibility index (Phi) is 1.93. The van der Waals surface area contributed by atoms with Gasteiger partial charge in [-0.2, -0.15) is 0 Å². The number of nitrogens with zero attached hydrogens (tertiary/aromatic N) is 2. The third kappa shape index (κ3) is 1.27. The maximum Gasteiger partial charge on any atom is 0.260 e. The van der Waals surface area contributed by atoms with Gasteiger partial charge in [0.05, 0.1) is 6.20 Å². The highest BCUT2D eigenvalue weighted by molar-refractivity contribution is 9.10. The number of halogens is 1. The van der Waals surface area contributed by atoms with Gasteiger partial charge in [-0.1, -0.05) is 0 Å². The molecule has 0 fully saturated rings. The Morgan fingerprint density at radius 2 is 2.46 bits per heavy atom. The van der Waals surface area contributed by atoms with Gasteiger partial charge in [-0.3, -0.25) is 4.79 Å². The van der Waals surface area contributed by atoms with Crippen LogP contribution in [-0.4, -0.2) is 14.4 Å². The summed E-state index contributed by atoms with van der Waals surface area (Å²) in [7, 11) is 0. The summed E-state index contributed by atoms with van der Waals surface area (Å²) in [5, 5.41) is 0. The van der Waals surface area contributed by atoms with E-state index in [0.29, 0.717) is 22.6 Å². The van der Waals surface area contributed by atoms with Gasteiger partial charge in [-0.15, -0.1) is 0 Å². The molecule has 0 spiro atoms. The predicted molar refractivity (Wildman–Crippen MR) is 51.4 cm³/mol. The van der Waals surface area contributed by atoms with Crippen LogP contribution in [0.15, 0.2) is 21.7 Å². The van der Waals surface area contributed by atoms with E-state index < -0.39 is 0 Å². The third-order valence-electron chi connectivity index (χ3n) is 1.73. The molecule has 2 aromatic heterocycles. The molecule has 0 aliphatic heterocycles. The van der Waals surface area contributed by atoms with Crippen molar-refractivity contribution < 1.29 is 0 Å². The molecule has 0 bridgehead atoms. The highest BCUT2D eigenvalue weighted by Crippen LogP contribution is 2.08. The van der Waals surface area contributed by atoms with E-state index in [1.54, 1.807) is 6.20 Å². The second-order valence-electron chi connectivity index (χ2n) is 2.58. The number of aromatic nitrogens is 3. The number of aromatic amines is 1. The summed E-state index contributed by atoms with van der Waals surface area (Å²) >= 11 is 3.21. The topological polar surface area (TPSA) is 76.2 Å². The summed E-state index contributed by atoms with van der Waals surface area (Å²) in [5.41, 5.74) is 5.93. The standard InChI is InChI=1S/C7H7BrN4O/c8-5-3-10-7-11-4(2-9)1-6(13)12(5)7/h1,3H,2,9H2,(H,10,11). The van der Waals surface area contributed by atoms with Crippen LogP contribution in [0, 0.1) is 0 Å². The lowest BCUT2D eigenvalue weighted by molar-refractivity contribution is 0.936. The van der Waals surface area contributed by atoms with Crippen LogP contribution in [0.3, 0.4) is 0 Å². The number of hydrogen-bond donors (Lipinski definition) is 2. The van der Waals surface area contributed by atoms with E-state index in [1.807, 2.05) is 0 Å². The van der Waals surface area contributed by atoms with Crippen LogP contribution in [0.4, 0.5) is 0 Å². The van der Waals surface area contributed by atoms with Gasteiger partial charge in [0.25, 0.3) is 5.56 Å². The molecule has 0 aromatic carbocycles. The van der Waals surface area contributed by atoms with Crippen molar-refractivity contribution in [2.45, 2.75) is 6.54 Å². The number of nitrogens with one attached hydrogen (secondary N) is 1. The average Bonchev–Trinajstić information content (AvgIpc) is 2.48. The van der Waals surface area contributed by atoms with Crippen LogP contribution in [0.5, 0.6) is 0 Å². The smallest absolute Gasteiger partial charge is 0.260 e. The Morgan fingerprint density at radius 1 is 1.69 bits per heavy atom. The largest absolute Gasteiger partial charge is 0.327 e. The summed E-state index contributed by atoms with van der Waals surface area (Å²) in [4.78, 5) is 18.4. The SMILES string of the molecule is NCc1cc(=O)n2c(Br)cnc2[nH]1. The van der Waals surface area contributed by atoms with E-state index in [0.717, 1.165) is 0 Å². The first-order valence-electron chi connectivity index (χ1n) is 3.67. The second-order valence-corrected chi connectivity index (χ2v) is 3.39. The Balaban J connectivity index is 2.87. The van der Waals surface area contributed by atoms with Gasteiger partial charge in [0, 0.05) is 18.3 Å². The molecule has 0 unspecified atom stereocenters. The molecule has 13 heavy (non-hydrogen) atoms. The number of nitrogens with two attached hydrogens (primary N) is 1. The van der Waals surface area contributed by atoms with Gasteiger partial charge < -0.3 is 10.7 Å². The lowest BCUT2D eigenvalue weighted by Gasteiger charge is -1.98. The van der Waals surface area contributed by atoms with E-state index in [4.69, 9.17) is 5.73 Å². The minimum atomic E-state index is -0.140. The summed E-state index contributed by atoms with van der Waals surface area (Å²) in [6.07, 6.45) is 1.56. The molecular weight excluding hydrogens is 236 g/mol. The molecule has 0 radical (unpaired) electrons. The van der Waals surface area contributed by atoms with Crippen LogP contribution < -0.4 is 11.3 Å². The molecule has 2 aromatic rings. The minimum Gasteiger partial charge on any atom is -0.327 e. The van der Waals surface area contributed by atoms with Crippen LogP contribution in [0.2, 0.25) is 0 Å². The number of imidazole rings is 1. The fraction of sp³-hybridized carbons (Fsp3) is 0.143. The Labute approximate surface area is 81.7 Å². The molecule has 0 saturated heterocycles. The zero-order valence-corrected chi connectivity index (χ0v) is 8.21. The average molecular weight is 243 g/mol. The van der Waals surface area contributed by atoms with Crippen molar-refractivity contribution in [2.24, 2.45) is 5.73 Å². The number of H-pyrrole nitrogens is 1. The van der Waals surface area contributed by atoms with Crippen molar-refractivity contribution in [3.63, 3.8) is 0 Å². The maximum absolute atomic E-state index is 11.5. The van der Waals surface area contributed by atoms with E-state index in [2.05, 4.69) is 25.9 Å². The summed E-state index contributed by atoms with van der Waals surface area (Å²) < 4.78 is 2.06. The second kappa shape index (κ2) is 2.97. The summed E-state index contributed by atoms with van der Waals surface area (Å²) in [6, 6.07) is 1.46. The Bertz CT molecular complexity index is 501. The molecule has 0 aliphatic carbocycles. The maximum atomic E-state index is 11.5. The fourth-order valence-electron chi connectivity index (χ4n) is 1.13. The highest BCUT2D eigenvalue weighted by atomic mass is 79.9. The van der Waals surface area contributed by atoms with Gasteiger partial charge in [-0.25, -0.2) is 9.38 Å². The van der Waals surface area contributed by atoms with Crippen molar-refractivity contribution in [1.82, 2.24) is 14.4 Å². The van der Waals surface area contributed by atoms with Crippen LogP contribution in [0.25, 0.3) is 5.78 Å². The molecule has 0 aliphatic rings. The highest BCUT2D eigenvalue weighted by Gasteiger charge is 2.04. The minimum absolute atomic E-state index is 0.140. The molecule has 68 valence electrons. The molecule has 0 saturated carbocycles. The molecule has 0 atom stereocenters. The Morgan fingerprint density at radius 3 is 3.15 bits per heavy atom. The van der Waals surface area contributed by atoms with E-state index in [1.165, 1.54) is 10.5 Å². The molecular formula is C7H7BrN4O. The van der Waals surface area contributed by atoms with Crippen LogP contribution in [0.1, 0.15) is 5.69 Å². The van der Waals surface area contributed by atoms with Crippen LogP contribution >= 0.6 is 15.9 Å². The van der Waals surface area contributed by atoms with Crippen LogP contribution in [-0.2, 0) is 6.54 Å². The number of fused-ring (bicyclic) bond motifs is 1. The van der Waals surface area contributed by atoms with E-state index in [9.17, 15) is 4.79 Å². The zero-order valence-electron chi connectivity index (χ0n) is 6.62. The summed E-state index contributed by atoms with van der Waals surface area (Å²) in [5.74, 6) is 0.500. The van der Waals surface area contributed by atoms with Gasteiger partial charge in [0.15, 0.2) is 0 Å². The quantitative estimate of drug-likeness (QED) is 0.753. The molecule has 0 amide bonds. The van der Waals surface area contributed by atoms with Gasteiger partial charge in [0.2, 0.25) is 5.78 Å². The van der Waals surface area contributed by atoms with Crippen molar-refractivity contribution in [3.05, 3.63) is 32.9 Å². The molecule has 3 N–H and O–H groups in total. The molecule has 2 rings (SSSR count). The van der Waals surface area contributed by atoms with Crippen molar-refractivity contribution in [1.29, 1.82) is 0 Å². The number of rotatable bonds is 1. The Hall–Kier alpha value is -1.14. The first-order chi connectivity index (χ1) is 6.22. The van der Waals surface area contributed by atoms with Gasteiger partial charge in [0.1, 0.15) is 4.60 Å². The van der Waals surface area contributed by atoms with E-state index in [-0.39, 0.29) is 5.56 Å². The number of hydrogen-bond acceptors (Lipinski definition) is 3. The van der Waals surface area contributed by atoms with Crippen molar-refractivity contribution in [3.8, 4) is 0 Å². The summed E-state index contributed by atoms with van der Waals surface area (Å²) in [6.45, 7) is 0.302. The first-order valence-corrected chi connectivity index (χ1v) is 4.47. The third-order valence-corrected chi connectivity index (χ3v) is 2.29. The van der Waals surface area contributed by atoms with Crippen molar-refractivity contribution in [2.75, 3.05) is 0 Å². The lowest BCUT2D eigenvalue weighted by atomic mass is 10.4. The monoisotopic (exact) mass is 242 g/mol. The van der Waals surface area contributed by atoms with Gasteiger partial charge in [-0.05, 0) is 15.9 Å². The zero-order chi connectivity index (χ0) is 9.42. The van der Waals surface area contributed by atoms with Gasteiger partial charge >= 0.3 is 0 Å². The molecule has 2 heterocycles. The molecule has 5 nitrogen and oxygen atoms in total. The molecule has 6 heteroatoms. The van der Waals surface area contributed by atoms with E-state index >= 15 is 0 Å². The fourth-order valence-corrected chi connectivity index (χ4v) is 1.58. The lowest BCUT2D eigenvalue weighted by Crippen LogP contribution is -2.16. The predicted octanol–water partition coefficient (Wildman–Crippen LogP) is 0.244. The normalized spacial score (nSPS) is 10.9. The van der Waals surface area contributed by atoms with Crippen molar-refractivity contribution >= 4 is 21.7 Å². The first kappa shape index (κ1) is 8.46.